The second-order valence-corrected chi connectivity index (χ2v) is 11.9. The first-order chi connectivity index (χ1) is 15.5. The van der Waals surface area contributed by atoms with Gasteiger partial charge in [0.15, 0.2) is 5.78 Å². The van der Waals surface area contributed by atoms with Crippen LogP contribution < -0.4 is 4.90 Å². The maximum absolute atomic E-state index is 13.1. The van der Waals surface area contributed by atoms with E-state index in [4.69, 9.17) is 4.74 Å². The van der Waals surface area contributed by atoms with E-state index in [9.17, 15) is 13.2 Å². The van der Waals surface area contributed by atoms with Crippen LogP contribution in [0.3, 0.4) is 0 Å². The van der Waals surface area contributed by atoms with Gasteiger partial charge in [0.25, 0.3) is 10.2 Å². The Labute approximate surface area is 198 Å². The van der Waals surface area contributed by atoms with Crippen LogP contribution in [-0.4, -0.2) is 92.8 Å². The van der Waals surface area contributed by atoms with Gasteiger partial charge in [0.2, 0.25) is 0 Å². The van der Waals surface area contributed by atoms with Crippen molar-refractivity contribution in [1.29, 1.82) is 0 Å². The van der Waals surface area contributed by atoms with Gasteiger partial charge in [0, 0.05) is 69.2 Å². The van der Waals surface area contributed by atoms with Crippen molar-refractivity contribution in [1.82, 2.24) is 13.5 Å². The number of morpholine rings is 1. The van der Waals surface area contributed by atoms with Gasteiger partial charge in [0.1, 0.15) is 0 Å². The Morgan fingerprint density at radius 2 is 1.67 bits per heavy atom. The summed E-state index contributed by atoms with van der Waals surface area (Å²) in [6, 6.07) is 8.25. The monoisotopic (exact) mass is 476 g/mol. The van der Waals surface area contributed by atoms with Gasteiger partial charge in [-0.2, -0.15) is 17.0 Å². The molecule has 3 aliphatic heterocycles. The number of para-hydroxylation sites is 1. The van der Waals surface area contributed by atoms with Gasteiger partial charge in [-0.25, -0.2) is 0 Å². The summed E-state index contributed by atoms with van der Waals surface area (Å²) in [5, 5.41) is 0. The molecule has 0 N–H and O–H groups in total. The molecule has 0 aliphatic carbocycles. The number of ether oxygens (including phenoxy) is 1. The number of likely N-dealkylation sites (N-methyl/N-ethyl adjacent to an activating group) is 1. The average molecular weight is 477 g/mol. The molecular formula is C24H36N4O4S. The second kappa shape index (κ2) is 9.11. The van der Waals surface area contributed by atoms with E-state index in [2.05, 4.69) is 30.9 Å². The molecule has 0 radical (unpaired) electrons. The van der Waals surface area contributed by atoms with Gasteiger partial charge in [-0.3, -0.25) is 9.69 Å². The van der Waals surface area contributed by atoms with Gasteiger partial charge in [-0.15, -0.1) is 0 Å². The molecule has 0 spiro atoms. The number of carbonyl (C=O) groups excluding carboxylic acids is 1. The van der Waals surface area contributed by atoms with Gasteiger partial charge in [-0.05, 0) is 25.5 Å². The molecule has 2 atom stereocenters. The summed E-state index contributed by atoms with van der Waals surface area (Å²) in [5.41, 5.74) is 3.11. The third-order valence-corrected chi connectivity index (χ3v) is 8.96. The summed E-state index contributed by atoms with van der Waals surface area (Å²) >= 11 is 0. The van der Waals surface area contributed by atoms with E-state index in [1.165, 1.54) is 9.87 Å². The number of nitrogens with zero attached hydrogens (tertiary/aromatic N) is 4. The van der Waals surface area contributed by atoms with Crippen molar-refractivity contribution >= 4 is 21.7 Å². The van der Waals surface area contributed by atoms with E-state index < -0.39 is 10.2 Å². The lowest BCUT2D eigenvalue weighted by molar-refractivity contribution is -0.116. The SMILES string of the molecule is CC1CN(S(=O)(=O)N2CCN(CC(=O)/C=C3/N(C)c4ccccc4C3(C)C)CC2)CC(C)O1. The fourth-order valence-corrected chi connectivity index (χ4v) is 7.03. The van der Waals surface area contributed by atoms with Crippen molar-refractivity contribution in [2.45, 2.75) is 45.3 Å². The summed E-state index contributed by atoms with van der Waals surface area (Å²) in [7, 11) is -1.51. The molecule has 0 bridgehead atoms. The minimum atomic E-state index is -3.52. The van der Waals surface area contributed by atoms with Crippen LogP contribution >= 0.6 is 0 Å². The number of anilines is 1. The summed E-state index contributed by atoms with van der Waals surface area (Å²) in [4.78, 5) is 17.1. The van der Waals surface area contributed by atoms with Crippen LogP contribution in [0.4, 0.5) is 5.69 Å². The number of rotatable bonds is 5. The van der Waals surface area contributed by atoms with Crippen molar-refractivity contribution in [3.8, 4) is 0 Å². The highest BCUT2D eigenvalue weighted by Crippen LogP contribution is 2.46. The molecule has 1 aromatic rings. The first-order valence-electron chi connectivity index (χ1n) is 11.7. The number of piperazine rings is 1. The highest BCUT2D eigenvalue weighted by Gasteiger charge is 2.39. The minimum Gasteiger partial charge on any atom is -0.373 e. The summed E-state index contributed by atoms with van der Waals surface area (Å²) < 4.78 is 35.0. The molecule has 3 heterocycles. The van der Waals surface area contributed by atoms with Gasteiger partial charge in [0.05, 0.1) is 18.8 Å². The number of ketones is 1. The second-order valence-electron chi connectivity index (χ2n) is 9.95. The van der Waals surface area contributed by atoms with Gasteiger partial charge in [-0.1, -0.05) is 32.0 Å². The molecule has 33 heavy (non-hydrogen) atoms. The topological polar surface area (TPSA) is 73.4 Å². The van der Waals surface area contributed by atoms with Crippen LogP contribution in [-0.2, 0) is 25.2 Å². The Hall–Kier alpha value is -1.78. The lowest BCUT2D eigenvalue weighted by Crippen LogP contribution is -2.57. The number of hydrogen-bond donors (Lipinski definition) is 0. The molecule has 0 amide bonds. The van der Waals surface area contributed by atoms with Gasteiger partial charge < -0.3 is 9.64 Å². The lowest BCUT2D eigenvalue weighted by Gasteiger charge is -2.40. The standard InChI is InChI=1S/C24H36N4O4S/c1-18-15-28(16-19(2)32-18)33(30,31)27-12-10-26(11-13-27)17-20(29)14-23-24(3,4)21-8-6-7-9-22(21)25(23)5/h6-9,14,18-19H,10-13,15-17H2,1-5H3/b23-14+. The van der Waals surface area contributed by atoms with Crippen LogP contribution in [0.15, 0.2) is 36.0 Å². The maximum Gasteiger partial charge on any atom is 0.282 e. The molecule has 2 unspecified atom stereocenters. The Morgan fingerprint density at radius 1 is 1.06 bits per heavy atom. The van der Waals surface area contributed by atoms with Crippen LogP contribution in [0.25, 0.3) is 0 Å². The third-order valence-electron chi connectivity index (χ3n) is 6.99. The number of allylic oxidation sites excluding steroid dienone is 1. The van der Waals surface area contributed by atoms with E-state index in [0.717, 1.165) is 11.4 Å². The van der Waals surface area contributed by atoms with E-state index in [-0.39, 0.29) is 23.4 Å². The van der Waals surface area contributed by atoms with Crippen LogP contribution in [0.1, 0.15) is 33.3 Å². The van der Waals surface area contributed by atoms with Crippen molar-refractivity contribution in [2.24, 2.45) is 0 Å². The minimum absolute atomic E-state index is 0.0462. The predicted octanol–water partition coefficient (Wildman–Crippen LogP) is 1.84. The number of fused-ring (bicyclic) bond motifs is 1. The molecular weight excluding hydrogens is 440 g/mol. The van der Waals surface area contributed by atoms with E-state index in [0.29, 0.717) is 45.8 Å². The summed E-state index contributed by atoms with van der Waals surface area (Å²) in [6.45, 7) is 11.0. The number of hydrogen-bond acceptors (Lipinski definition) is 6. The predicted molar refractivity (Wildman–Crippen MR) is 129 cm³/mol. The van der Waals surface area contributed by atoms with Gasteiger partial charge >= 0.3 is 0 Å². The van der Waals surface area contributed by atoms with Crippen molar-refractivity contribution < 1.29 is 17.9 Å². The largest absolute Gasteiger partial charge is 0.373 e. The van der Waals surface area contributed by atoms with E-state index in [1.807, 2.05) is 37.9 Å². The van der Waals surface area contributed by atoms with Crippen molar-refractivity contribution in [3.05, 3.63) is 41.6 Å². The van der Waals surface area contributed by atoms with Crippen LogP contribution in [0, 0.1) is 0 Å². The lowest BCUT2D eigenvalue weighted by atomic mass is 9.83. The zero-order valence-corrected chi connectivity index (χ0v) is 21.1. The molecule has 0 aromatic heterocycles. The van der Waals surface area contributed by atoms with E-state index >= 15 is 0 Å². The highest BCUT2D eigenvalue weighted by atomic mass is 32.2. The zero-order valence-electron chi connectivity index (χ0n) is 20.3. The fraction of sp³-hybridized carbons (Fsp3) is 0.625. The first kappa shape index (κ1) is 24.3. The van der Waals surface area contributed by atoms with Crippen LogP contribution in [0.2, 0.25) is 0 Å². The molecule has 0 saturated carbocycles. The Kier molecular flexibility index (Phi) is 6.72. The molecule has 4 rings (SSSR count). The molecule has 9 heteroatoms. The van der Waals surface area contributed by atoms with E-state index in [1.54, 1.807) is 10.4 Å². The summed E-state index contributed by atoms with van der Waals surface area (Å²) in [5.74, 6) is 0.0462. The van der Waals surface area contributed by atoms with Crippen molar-refractivity contribution in [2.75, 3.05) is 57.8 Å². The quantitative estimate of drug-likeness (QED) is 0.604. The molecule has 8 nitrogen and oxygen atoms in total. The number of benzene rings is 1. The molecule has 182 valence electrons. The Morgan fingerprint density at radius 3 is 2.27 bits per heavy atom. The zero-order chi connectivity index (χ0) is 24.0. The first-order valence-corrected chi connectivity index (χ1v) is 13.1. The molecule has 2 saturated heterocycles. The average Bonchev–Trinajstić information content (AvgIpc) is 2.94. The molecule has 3 aliphatic rings. The smallest absolute Gasteiger partial charge is 0.282 e. The molecule has 1 aromatic carbocycles. The maximum atomic E-state index is 13.1. The Bertz CT molecular complexity index is 1020. The fourth-order valence-electron chi connectivity index (χ4n) is 5.28. The Balaban J connectivity index is 1.36. The number of carbonyl (C=O) groups is 1. The molecule has 2 fully saturated rings. The van der Waals surface area contributed by atoms with Crippen molar-refractivity contribution in [3.63, 3.8) is 0 Å². The highest BCUT2D eigenvalue weighted by molar-refractivity contribution is 7.86. The third kappa shape index (κ3) is 4.74. The summed E-state index contributed by atoms with van der Waals surface area (Å²) in [6.07, 6.45) is 1.54. The van der Waals surface area contributed by atoms with Crippen LogP contribution in [0.5, 0.6) is 0 Å². The normalized spacial score (nSPS) is 28.3.